The summed E-state index contributed by atoms with van der Waals surface area (Å²) in [6.45, 7) is 2.40. The molecule has 1 saturated heterocycles. The van der Waals surface area contributed by atoms with Crippen molar-refractivity contribution in [3.63, 3.8) is 0 Å². The van der Waals surface area contributed by atoms with Gasteiger partial charge in [0.05, 0.1) is 20.3 Å². The van der Waals surface area contributed by atoms with Crippen molar-refractivity contribution in [1.29, 1.82) is 0 Å². The standard InChI is InChI=1S/C20H22FNO3/c1-24-18-8-4-16(5-9-18)19(15-2-6-17(21)7-3-15)14-20(23)22-10-12-25-13-11-22/h2-9,19H,10-14H2,1H3. The van der Waals surface area contributed by atoms with Gasteiger partial charge in [0.25, 0.3) is 0 Å². The van der Waals surface area contributed by atoms with E-state index in [4.69, 9.17) is 9.47 Å². The number of nitrogens with zero attached hydrogens (tertiary/aromatic N) is 1. The van der Waals surface area contributed by atoms with Crippen LogP contribution in [0.2, 0.25) is 0 Å². The lowest BCUT2D eigenvalue weighted by molar-refractivity contribution is -0.135. The molecule has 0 saturated carbocycles. The topological polar surface area (TPSA) is 38.8 Å². The Kier molecular flexibility index (Phi) is 5.66. The molecular weight excluding hydrogens is 321 g/mol. The zero-order chi connectivity index (χ0) is 17.6. The number of methoxy groups -OCH3 is 1. The van der Waals surface area contributed by atoms with Crippen LogP contribution in [0.3, 0.4) is 0 Å². The predicted molar refractivity (Wildman–Crippen MR) is 93.3 cm³/mol. The lowest BCUT2D eigenvalue weighted by atomic mass is 9.88. The van der Waals surface area contributed by atoms with Crippen LogP contribution in [0.5, 0.6) is 5.75 Å². The van der Waals surface area contributed by atoms with Crippen LogP contribution in [-0.4, -0.2) is 44.2 Å². The third kappa shape index (κ3) is 4.37. The molecule has 0 radical (unpaired) electrons. The van der Waals surface area contributed by atoms with Gasteiger partial charge in [0.2, 0.25) is 5.91 Å². The third-order valence-electron chi connectivity index (χ3n) is 4.53. The van der Waals surface area contributed by atoms with Gasteiger partial charge in [-0.2, -0.15) is 0 Å². The molecule has 1 fully saturated rings. The van der Waals surface area contributed by atoms with E-state index in [9.17, 15) is 9.18 Å². The molecule has 0 N–H and O–H groups in total. The summed E-state index contributed by atoms with van der Waals surface area (Å²) in [7, 11) is 1.62. The van der Waals surface area contributed by atoms with Crippen LogP contribution in [0, 0.1) is 5.82 Å². The van der Waals surface area contributed by atoms with E-state index in [1.165, 1.54) is 12.1 Å². The van der Waals surface area contributed by atoms with E-state index in [0.29, 0.717) is 32.7 Å². The number of hydrogen-bond acceptors (Lipinski definition) is 3. The molecule has 0 aliphatic carbocycles. The number of halogens is 1. The zero-order valence-corrected chi connectivity index (χ0v) is 14.3. The Hall–Kier alpha value is -2.40. The molecule has 1 aliphatic rings. The van der Waals surface area contributed by atoms with Gasteiger partial charge in [0, 0.05) is 25.4 Å². The summed E-state index contributed by atoms with van der Waals surface area (Å²) in [6.07, 6.45) is 0.345. The monoisotopic (exact) mass is 343 g/mol. The number of rotatable bonds is 5. The fourth-order valence-electron chi connectivity index (χ4n) is 3.08. The number of carbonyl (C=O) groups excluding carboxylic acids is 1. The van der Waals surface area contributed by atoms with Crippen molar-refractivity contribution in [2.24, 2.45) is 0 Å². The molecule has 5 heteroatoms. The third-order valence-corrected chi connectivity index (χ3v) is 4.53. The number of morpholine rings is 1. The van der Waals surface area contributed by atoms with Gasteiger partial charge in [0.15, 0.2) is 0 Å². The summed E-state index contributed by atoms with van der Waals surface area (Å²) in [6, 6.07) is 14.0. The largest absolute Gasteiger partial charge is 0.497 e. The number of carbonyl (C=O) groups is 1. The Morgan fingerprint density at radius 2 is 1.64 bits per heavy atom. The minimum atomic E-state index is -0.281. The van der Waals surface area contributed by atoms with E-state index in [2.05, 4.69) is 0 Å². The lowest BCUT2D eigenvalue weighted by Gasteiger charge is -2.29. The van der Waals surface area contributed by atoms with Gasteiger partial charge in [-0.15, -0.1) is 0 Å². The Labute approximate surface area is 147 Å². The maximum atomic E-state index is 13.3. The molecule has 25 heavy (non-hydrogen) atoms. The highest BCUT2D eigenvalue weighted by atomic mass is 19.1. The molecule has 4 nitrogen and oxygen atoms in total. The number of benzene rings is 2. The van der Waals surface area contributed by atoms with Gasteiger partial charge >= 0.3 is 0 Å². The second-order valence-electron chi connectivity index (χ2n) is 6.07. The smallest absolute Gasteiger partial charge is 0.223 e. The molecule has 1 amide bonds. The first-order chi connectivity index (χ1) is 12.2. The van der Waals surface area contributed by atoms with Crippen molar-refractivity contribution >= 4 is 5.91 Å². The minimum absolute atomic E-state index is 0.0912. The van der Waals surface area contributed by atoms with Gasteiger partial charge in [-0.05, 0) is 35.4 Å². The Balaban J connectivity index is 1.85. The summed E-state index contributed by atoms with van der Waals surface area (Å²) in [5.74, 6) is 0.452. The van der Waals surface area contributed by atoms with E-state index in [1.54, 1.807) is 19.2 Å². The van der Waals surface area contributed by atoms with Crippen LogP contribution in [0.15, 0.2) is 48.5 Å². The first-order valence-corrected chi connectivity index (χ1v) is 8.42. The first-order valence-electron chi connectivity index (χ1n) is 8.42. The van der Waals surface area contributed by atoms with Gasteiger partial charge in [-0.25, -0.2) is 4.39 Å². The average Bonchev–Trinajstić information content (AvgIpc) is 2.67. The lowest BCUT2D eigenvalue weighted by Crippen LogP contribution is -2.41. The van der Waals surface area contributed by atoms with Gasteiger partial charge in [0.1, 0.15) is 11.6 Å². The van der Waals surface area contributed by atoms with Crippen molar-refractivity contribution in [2.45, 2.75) is 12.3 Å². The Morgan fingerprint density at radius 3 is 2.20 bits per heavy atom. The molecule has 1 atom stereocenters. The van der Waals surface area contributed by atoms with E-state index in [0.717, 1.165) is 16.9 Å². The van der Waals surface area contributed by atoms with E-state index >= 15 is 0 Å². The van der Waals surface area contributed by atoms with Crippen molar-refractivity contribution in [3.05, 3.63) is 65.5 Å². The average molecular weight is 343 g/mol. The van der Waals surface area contributed by atoms with E-state index in [1.807, 2.05) is 29.2 Å². The fourth-order valence-corrected chi connectivity index (χ4v) is 3.08. The van der Waals surface area contributed by atoms with Gasteiger partial charge < -0.3 is 14.4 Å². The second-order valence-corrected chi connectivity index (χ2v) is 6.07. The molecular formula is C20H22FNO3. The van der Waals surface area contributed by atoms with Crippen LogP contribution < -0.4 is 4.74 Å². The molecule has 1 aliphatic heterocycles. The van der Waals surface area contributed by atoms with Crippen LogP contribution in [-0.2, 0) is 9.53 Å². The quantitative estimate of drug-likeness (QED) is 0.837. The summed E-state index contributed by atoms with van der Waals surface area (Å²) in [5.41, 5.74) is 1.93. The Bertz CT molecular complexity index is 694. The summed E-state index contributed by atoms with van der Waals surface area (Å²) in [4.78, 5) is 14.6. The molecule has 0 spiro atoms. The molecule has 0 bridgehead atoms. The highest BCUT2D eigenvalue weighted by Crippen LogP contribution is 2.30. The van der Waals surface area contributed by atoms with E-state index < -0.39 is 0 Å². The number of ether oxygens (including phenoxy) is 2. The normalized spacial score (nSPS) is 15.7. The fraction of sp³-hybridized carbons (Fsp3) is 0.350. The number of amides is 1. The Morgan fingerprint density at radius 1 is 1.08 bits per heavy atom. The highest BCUT2D eigenvalue weighted by molar-refractivity contribution is 5.78. The second kappa shape index (κ2) is 8.12. The molecule has 2 aromatic carbocycles. The minimum Gasteiger partial charge on any atom is -0.497 e. The predicted octanol–water partition coefficient (Wildman–Crippen LogP) is 3.22. The highest BCUT2D eigenvalue weighted by Gasteiger charge is 2.23. The van der Waals surface area contributed by atoms with Crippen LogP contribution >= 0.6 is 0 Å². The van der Waals surface area contributed by atoms with Crippen LogP contribution in [0.4, 0.5) is 4.39 Å². The van der Waals surface area contributed by atoms with Crippen molar-refractivity contribution < 1.29 is 18.7 Å². The maximum Gasteiger partial charge on any atom is 0.223 e. The molecule has 2 aromatic rings. The van der Waals surface area contributed by atoms with Crippen LogP contribution in [0.1, 0.15) is 23.5 Å². The van der Waals surface area contributed by atoms with Gasteiger partial charge in [-0.3, -0.25) is 4.79 Å². The van der Waals surface area contributed by atoms with E-state index in [-0.39, 0.29) is 17.6 Å². The maximum absolute atomic E-state index is 13.3. The molecule has 1 heterocycles. The zero-order valence-electron chi connectivity index (χ0n) is 14.3. The molecule has 3 rings (SSSR count). The first kappa shape index (κ1) is 17.4. The van der Waals surface area contributed by atoms with Crippen molar-refractivity contribution in [2.75, 3.05) is 33.4 Å². The molecule has 0 aromatic heterocycles. The summed E-state index contributed by atoms with van der Waals surface area (Å²) < 4.78 is 23.8. The summed E-state index contributed by atoms with van der Waals surface area (Å²) >= 11 is 0. The SMILES string of the molecule is COc1ccc(C(CC(=O)N2CCOCC2)c2ccc(F)cc2)cc1. The molecule has 1 unspecified atom stereocenters. The van der Waals surface area contributed by atoms with Crippen molar-refractivity contribution in [3.8, 4) is 5.75 Å². The van der Waals surface area contributed by atoms with Gasteiger partial charge in [-0.1, -0.05) is 24.3 Å². The van der Waals surface area contributed by atoms with Crippen molar-refractivity contribution in [1.82, 2.24) is 4.90 Å². The summed E-state index contributed by atoms with van der Waals surface area (Å²) in [5, 5.41) is 0. The molecule has 132 valence electrons. The number of hydrogen-bond donors (Lipinski definition) is 0. The van der Waals surface area contributed by atoms with Crippen LogP contribution in [0.25, 0.3) is 0 Å².